The van der Waals surface area contributed by atoms with Crippen molar-refractivity contribution in [1.29, 1.82) is 0 Å². The molecule has 8 nitrogen and oxygen atoms in total. The fourth-order valence-electron chi connectivity index (χ4n) is 3.00. The summed E-state index contributed by atoms with van der Waals surface area (Å²) in [6.45, 7) is 1.91. The van der Waals surface area contributed by atoms with Crippen molar-refractivity contribution < 1.29 is 28.5 Å². The first-order valence-electron chi connectivity index (χ1n) is 9.97. The first-order valence-corrected chi connectivity index (χ1v) is 9.97. The second-order valence-corrected chi connectivity index (χ2v) is 6.94. The Hall–Kier alpha value is -4.33. The molecule has 0 spiro atoms. The molecule has 0 heterocycles. The van der Waals surface area contributed by atoms with Crippen molar-refractivity contribution in [2.24, 2.45) is 5.10 Å². The number of hydrogen-bond donors (Lipinski definition) is 1. The van der Waals surface area contributed by atoms with Gasteiger partial charge >= 0.3 is 5.97 Å². The third-order valence-electron chi connectivity index (χ3n) is 4.65. The number of hydrazone groups is 1. The molecule has 1 amide bonds. The van der Waals surface area contributed by atoms with Crippen LogP contribution in [0.2, 0.25) is 0 Å². The van der Waals surface area contributed by atoms with Gasteiger partial charge in [0.05, 0.1) is 33.1 Å². The van der Waals surface area contributed by atoms with Gasteiger partial charge in [-0.1, -0.05) is 17.7 Å². The molecule has 170 valence electrons. The molecule has 3 aromatic carbocycles. The summed E-state index contributed by atoms with van der Waals surface area (Å²) in [4.78, 5) is 24.7. The van der Waals surface area contributed by atoms with Gasteiger partial charge < -0.3 is 18.9 Å². The lowest BCUT2D eigenvalue weighted by Gasteiger charge is -2.13. The predicted molar refractivity (Wildman–Crippen MR) is 124 cm³/mol. The first-order chi connectivity index (χ1) is 15.9. The van der Waals surface area contributed by atoms with Crippen molar-refractivity contribution in [3.8, 4) is 23.0 Å². The summed E-state index contributed by atoms with van der Waals surface area (Å²) in [5.74, 6) is 0.638. The molecule has 0 aliphatic heterocycles. The zero-order valence-electron chi connectivity index (χ0n) is 18.7. The molecular formula is C25H24N2O6. The molecule has 0 aromatic heterocycles. The second-order valence-electron chi connectivity index (χ2n) is 6.94. The SMILES string of the molecule is COc1cc(C(=O)N/N=C\c2ccc(OC(=O)c3cccc(C)c3)cc2)cc(OC)c1OC. The minimum atomic E-state index is -0.450. The monoisotopic (exact) mass is 448 g/mol. The number of benzene rings is 3. The van der Waals surface area contributed by atoms with E-state index in [0.29, 0.717) is 39.7 Å². The zero-order chi connectivity index (χ0) is 23.8. The number of rotatable bonds is 8. The summed E-state index contributed by atoms with van der Waals surface area (Å²) in [5, 5.41) is 3.97. The smallest absolute Gasteiger partial charge is 0.343 e. The van der Waals surface area contributed by atoms with Crippen LogP contribution in [0.3, 0.4) is 0 Å². The average Bonchev–Trinajstić information content (AvgIpc) is 2.83. The molecule has 33 heavy (non-hydrogen) atoms. The Bertz CT molecular complexity index is 1150. The molecule has 0 unspecified atom stereocenters. The van der Waals surface area contributed by atoms with Crippen LogP contribution in [0.4, 0.5) is 0 Å². The van der Waals surface area contributed by atoms with Crippen LogP contribution in [0, 0.1) is 6.92 Å². The maximum absolute atomic E-state index is 12.5. The number of carbonyl (C=O) groups is 2. The summed E-state index contributed by atoms with van der Waals surface area (Å²) in [6.07, 6.45) is 1.47. The minimum absolute atomic E-state index is 0.292. The lowest BCUT2D eigenvalue weighted by molar-refractivity contribution is 0.0734. The van der Waals surface area contributed by atoms with E-state index in [1.54, 1.807) is 42.5 Å². The van der Waals surface area contributed by atoms with Crippen LogP contribution in [0.1, 0.15) is 31.8 Å². The molecule has 0 aliphatic carbocycles. The van der Waals surface area contributed by atoms with E-state index in [9.17, 15) is 9.59 Å². The Morgan fingerprint density at radius 2 is 1.52 bits per heavy atom. The van der Waals surface area contributed by atoms with Gasteiger partial charge in [0.15, 0.2) is 11.5 Å². The molecule has 3 aromatic rings. The highest BCUT2D eigenvalue weighted by atomic mass is 16.5. The molecule has 0 aliphatic rings. The van der Waals surface area contributed by atoms with Crippen molar-refractivity contribution in [3.05, 3.63) is 82.9 Å². The maximum atomic E-state index is 12.5. The van der Waals surface area contributed by atoms with Crippen molar-refractivity contribution in [1.82, 2.24) is 5.43 Å². The van der Waals surface area contributed by atoms with E-state index in [0.717, 1.165) is 5.56 Å². The number of hydrogen-bond acceptors (Lipinski definition) is 7. The summed E-state index contributed by atoms with van der Waals surface area (Å²) in [7, 11) is 4.43. The molecular weight excluding hydrogens is 424 g/mol. The van der Waals surface area contributed by atoms with Gasteiger partial charge in [-0.15, -0.1) is 0 Å². The van der Waals surface area contributed by atoms with Crippen LogP contribution in [-0.2, 0) is 0 Å². The molecule has 0 atom stereocenters. The lowest BCUT2D eigenvalue weighted by Crippen LogP contribution is -2.18. The van der Waals surface area contributed by atoms with E-state index in [-0.39, 0.29) is 0 Å². The van der Waals surface area contributed by atoms with E-state index < -0.39 is 11.9 Å². The van der Waals surface area contributed by atoms with Crippen molar-refractivity contribution >= 4 is 18.1 Å². The molecule has 0 bridgehead atoms. The standard InChI is InChI=1S/C25H24N2O6/c1-16-6-5-7-18(12-16)25(29)33-20-10-8-17(9-11-20)15-26-27-24(28)19-13-21(30-2)23(32-4)22(14-19)31-3/h5-15H,1-4H3,(H,27,28)/b26-15-. The Morgan fingerprint density at radius 3 is 2.09 bits per heavy atom. The number of carbonyl (C=O) groups excluding carboxylic acids is 2. The fraction of sp³-hybridized carbons (Fsp3) is 0.160. The van der Waals surface area contributed by atoms with Gasteiger partial charge in [0.1, 0.15) is 5.75 Å². The number of nitrogens with zero attached hydrogens (tertiary/aromatic N) is 1. The number of esters is 1. The highest BCUT2D eigenvalue weighted by Gasteiger charge is 2.16. The second kappa shape index (κ2) is 10.8. The third kappa shape index (κ3) is 5.88. The van der Waals surface area contributed by atoms with Gasteiger partial charge in [0, 0.05) is 5.56 Å². The van der Waals surface area contributed by atoms with Crippen LogP contribution in [0.5, 0.6) is 23.0 Å². The normalized spacial score (nSPS) is 10.5. The van der Waals surface area contributed by atoms with Crippen LogP contribution >= 0.6 is 0 Å². The van der Waals surface area contributed by atoms with Crippen molar-refractivity contribution in [2.75, 3.05) is 21.3 Å². The number of ether oxygens (including phenoxy) is 4. The first kappa shape index (κ1) is 23.3. The van der Waals surface area contributed by atoms with E-state index in [4.69, 9.17) is 18.9 Å². The van der Waals surface area contributed by atoms with Gasteiger partial charge in [-0.25, -0.2) is 10.2 Å². The van der Waals surface area contributed by atoms with Gasteiger partial charge in [-0.05, 0) is 61.0 Å². The summed E-state index contributed by atoms with van der Waals surface area (Å²) in [5.41, 5.74) is 4.91. The Morgan fingerprint density at radius 1 is 0.848 bits per heavy atom. The Labute approximate surface area is 191 Å². The number of nitrogens with one attached hydrogen (secondary N) is 1. The molecule has 1 N–H and O–H groups in total. The number of amides is 1. The number of methoxy groups -OCH3 is 3. The van der Waals surface area contributed by atoms with E-state index in [1.165, 1.54) is 39.7 Å². The van der Waals surface area contributed by atoms with Gasteiger partial charge in [-0.3, -0.25) is 4.79 Å². The van der Waals surface area contributed by atoms with E-state index in [1.807, 2.05) is 13.0 Å². The zero-order valence-corrected chi connectivity index (χ0v) is 18.7. The third-order valence-corrected chi connectivity index (χ3v) is 4.65. The van der Waals surface area contributed by atoms with Gasteiger partial charge in [0.25, 0.3) is 5.91 Å². The molecule has 8 heteroatoms. The van der Waals surface area contributed by atoms with Gasteiger partial charge in [-0.2, -0.15) is 5.10 Å². The molecule has 0 saturated carbocycles. The largest absolute Gasteiger partial charge is 0.493 e. The predicted octanol–water partition coefficient (Wildman–Crippen LogP) is 4.00. The number of aryl methyl sites for hydroxylation is 1. The highest BCUT2D eigenvalue weighted by molar-refractivity contribution is 5.96. The lowest BCUT2D eigenvalue weighted by atomic mass is 10.1. The van der Waals surface area contributed by atoms with E-state index >= 15 is 0 Å². The van der Waals surface area contributed by atoms with Crippen LogP contribution in [0.15, 0.2) is 65.8 Å². The van der Waals surface area contributed by atoms with Crippen molar-refractivity contribution in [3.63, 3.8) is 0 Å². The molecule has 0 radical (unpaired) electrons. The summed E-state index contributed by atoms with van der Waals surface area (Å²) in [6, 6.07) is 17.0. The average molecular weight is 448 g/mol. The molecule has 0 saturated heterocycles. The van der Waals surface area contributed by atoms with Crippen LogP contribution < -0.4 is 24.4 Å². The molecule has 0 fully saturated rings. The summed E-state index contributed by atoms with van der Waals surface area (Å²) >= 11 is 0. The summed E-state index contributed by atoms with van der Waals surface area (Å²) < 4.78 is 21.2. The maximum Gasteiger partial charge on any atom is 0.343 e. The molecule has 3 rings (SSSR count). The topological polar surface area (TPSA) is 95.5 Å². The van der Waals surface area contributed by atoms with E-state index in [2.05, 4.69) is 10.5 Å². The Kier molecular flexibility index (Phi) is 7.64. The quantitative estimate of drug-likeness (QED) is 0.242. The van der Waals surface area contributed by atoms with Crippen LogP contribution in [-0.4, -0.2) is 39.4 Å². The van der Waals surface area contributed by atoms with Crippen LogP contribution in [0.25, 0.3) is 0 Å². The minimum Gasteiger partial charge on any atom is -0.493 e. The van der Waals surface area contributed by atoms with Gasteiger partial charge in [0.2, 0.25) is 5.75 Å². The van der Waals surface area contributed by atoms with Crippen molar-refractivity contribution in [2.45, 2.75) is 6.92 Å². The highest BCUT2D eigenvalue weighted by Crippen LogP contribution is 2.38. The Balaban J connectivity index is 1.62. The fourth-order valence-corrected chi connectivity index (χ4v) is 3.00.